The van der Waals surface area contributed by atoms with Crippen molar-refractivity contribution in [1.82, 2.24) is 14.5 Å². The van der Waals surface area contributed by atoms with Crippen molar-refractivity contribution >= 4 is 22.1 Å². The SMILES string of the molecule is O=c1[nH]c(O)c(-c2ccc(Cn3ccnc3-c3ccc4ccccc4c3)cc2)s1. The summed E-state index contributed by atoms with van der Waals surface area (Å²) in [5.41, 5.74) is 3.00. The van der Waals surface area contributed by atoms with Crippen molar-refractivity contribution in [1.29, 1.82) is 0 Å². The highest BCUT2D eigenvalue weighted by atomic mass is 32.1. The minimum absolute atomic E-state index is 0.0825. The van der Waals surface area contributed by atoms with Crippen molar-refractivity contribution in [2.24, 2.45) is 0 Å². The van der Waals surface area contributed by atoms with Gasteiger partial charge in [0.1, 0.15) is 5.82 Å². The lowest BCUT2D eigenvalue weighted by atomic mass is 10.1. The van der Waals surface area contributed by atoms with E-state index in [-0.39, 0.29) is 10.8 Å². The maximum atomic E-state index is 11.4. The van der Waals surface area contributed by atoms with Gasteiger partial charge in [-0.15, -0.1) is 0 Å². The number of aromatic hydroxyl groups is 1. The Labute approximate surface area is 170 Å². The average Bonchev–Trinajstić information content (AvgIpc) is 3.34. The highest BCUT2D eigenvalue weighted by Crippen LogP contribution is 2.30. The molecule has 29 heavy (non-hydrogen) atoms. The van der Waals surface area contributed by atoms with Gasteiger partial charge in [0, 0.05) is 24.5 Å². The number of aromatic amines is 1. The molecule has 2 N–H and O–H groups in total. The van der Waals surface area contributed by atoms with Gasteiger partial charge in [0.15, 0.2) is 0 Å². The summed E-state index contributed by atoms with van der Waals surface area (Å²) >= 11 is 1.00. The van der Waals surface area contributed by atoms with Gasteiger partial charge in [-0.05, 0) is 28.0 Å². The van der Waals surface area contributed by atoms with Gasteiger partial charge in [-0.2, -0.15) is 0 Å². The Morgan fingerprint density at radius 1 is 0.966 bits per heavy atom. The third-order valence-electron chi connectivity index (χ3n) is 4.92. The van der Waals surface area contributed by atoms with Crippen LogP contribution in [0.5, 0.6) is 5.88 Å². The molecule has 142 valence electrons. The van der Waals surface area contributed by atoms with Gasteiger partial charge in [-0.25, -0.2) is 4.98 Å². The monoisotopic (exact) mass is 399 g/mol. The Balaban J connectivity index is 1.44. The topological polar surface area (TPSA) is 70.9 Å². The first kappa shape index (κ1) is 17.5. The van der Waals surface area contributed by atoms with Gasteiger partial charge in [0.05, 0.1) is 4.88 Å². The first-order chi connectivity index (χ1) is 14.2. The number of H-pyrrole nitrogens is 1. The van der Waals surface area contributed by atoms with Gasteiger partial charge < -0.3 is 9.67 Å². The average molecular weight is 399 g/mol. The Bertz CT molecular complexity index is 1360. The zero-order valence-corrected chi connectivity index (χ0v) is 16.2. The van der Waals surface area contributed by atoms with Gasteiger partial charge >= 0.3 is 4.87 Å². The van der Waals surface area contributed by atoms with E-state index >= 15 is 0 Å². The largest absolute Gasteiger partial charge is 0.493 e. The smallest absolute Gasteiger partial charge is 0.307 e. The standard InChI is InChI=1S/C23H17N3O2S/c27-22-20(29-23(28)25-22)17-7-5-15(6-8-17)14-26-12-11-24-21(26)19-10-9-16-3-1-2-4-18(16)13-19/h1-13,27H,14H2,(H,25,28). The van der Waals surface area contributed by atoms with Gasteiger partial charge in [0.25, 0.3) is 0 Å². The quantitative estimate of drug-likeness (QED) is 0.453. The lowest BCUT2D eigenvalue weighted by Crippen LogP contribution is -2.01. The molecule has 0 bridgehead atoms. The molecule has 0 aliphatic carbocycles. The molecule has 0 spiro atoms. The minimum Gasteiger partial charge on any atom is -0.493 e. The number of benzene rings is 3. The van der Waals surface area contributed by atoms with E-state index in [1.54, 1.807) is 0 Å². The molecule has 0 aliphatic heterocycles. The molecule has 2 aromatic heterocycles. The summed E-state index contributed by atoms with van der Waals surface area (Å²) in [5, 5.41) is 12.2. The zero-order chi connectivity index (χ0) is 19.8. The molecule has 0 radical (unpaired) electrons. The van der Waals surface area contributed by atoms with Gasteiger partial charge in [-0.3, -0.25) is 9.78 Å². The third kappa shape index (κ3) is 3.34. The van der Waals surface area contributed by atoms with E-state index < -0.39 is 0 Å². The number of nitrogens with zero attached hydrogens (tertiary/aromatic N) is 2. The number of nitrogens with one attached hydrogen (secondary N) is 1. The number of hydrogen-bond acceptors (Lipinski definition) is 4. The molecular formula is C23H17N3O2S. The summed E-state index contributed by atoms with van der Waals surface area (Å²) < 4.78 is 2.12. The highest BCUT2D eigenvalue weighted by Gasteiger charge is 2.11. The highest BCUT2D eigenvalue weighted by molar-refractivity contribution is 7.13. The van der Waals surface area contributed by atoms with E-state index in [0.717, 1.165) is 33.9 Å². The van der Waals surface area contributed by atoms with Crippen molar-refractivity contribution in [3.63, 3.8) is 0 Å². The summed E-state index contributed by atoms with van der Waals surface area (Å²) in [6.45, 7) is 0.678. The normalized spacial score (nSPS) is 11.2. The van der Waals surface area contributed by atoms with Crippen LogP contribution in [0.15, 0.2) is 83.9 Å². The van der Waals surface area contributed by atoms with Crippen LogP contribution in [0.25, 0.3) is 32.6 Å². The molecule has 3 aromatic carbocycles. The molecule has 5 aromatic rings. The van der Waals surface area contributed by atoms with E-state index in [1.165, 1.54) is 10.8 Å². The molecule has 2 heterocycles. The second kappa shape index (κ2) is 7.07. The third-order valence-corrected chi connectivity index (χ3v) is 5.84. The van der Waals surface area contributed by atoms with E-state index in [4.69, 9.17) is 0 Å². The molecule has 0 amide bonds. The minimum atomic E-state index is -0.264. The van der Waals surface area contributed by atoms with E-state index in [1.807, 2.05) is 48.8 Å². The Morgan fingerprint density at radius 3 is 2.48 bits per heavy atom. The molecule has 5 rings (SSSR count). The van der Waals surface area contributed by atoms with Crippen LogP contribution in [0.4, 0.5) is 0 Å². The fourth-order valence-electron chi connectivity index (χ4n) is 3.50. The fourth-order valence-corrected chi connectivity index (χ4v) is 4.23. The number of hydrogen-bond donors (Lipinski definition) is 2. The molecule has 0 atom stereocenters. The number of fused-ring (bicyclic) bond motifs is 1. The number of rotatable bonds is 4. The predicted octanol–water partition coefficient (Wildman–Crippen LogP) is 4.87. The first-order valence-electron chi connectivity index (χ1n) is 9.19. The molecule has 0 saturated heterocycles. The lowest BCUT2D eigenvalue weighted by Gasteiger charge is -2.10. The molecule has 0 unspecified atom stereocenters. The maximum absolute atomic E-state index is 11.4. The Hall–Kier alpha value is -3.64. The maximum Gasteiger partial charge on any atom is 0.307 e. The fraction of sp³-hybridized carbons (Fsp3) is 0.0435. The zero-order valence-electron chi connectivity index (χ0n) is 15.4. The number of aromatic nitrogens is 3. The molecule has 6 heteroatoms. The van der Waals surface area contributed by atoms with Crippen LogP contribution in [0.2, 0.25) is 0 Å². The van der Waals surface area contributed by atoms with Crippen LogP contribution < -0.4 is 4.87 Å². The van der Waals surface area contributed by atoms with Crippen LogP contribution in [0.1, 0.15) is 5.56 Å². The molecule has 0 saturated carbocycles. The Kier molecular flexibility index (Phi) is 4.26. The number of thiazole rings is 1. The van der Waals surface area contributed by atoms with Gasteiger partial charge in [-0.1, -0.05) is 72.0 Å². The van der Waals surface area contributed by atoms with E-state index in [0.29, 0.717) is 11.4 Å². The summed E-state index contributed by atoms with van der Waals surface area (Å²) in [6, 6.07) is 22.5. The van der Waals surface area contributed by atoms with Crippen molar-refractivity contribution in [2.45, 2.75) is 6.54 Å². The second-order valence-corrected chi connectivity index (χ2v) is 7.81. The van der Waals surface area contributed by atoms with E-state index in [2.05, 4.69) is 44.9 Å². The molecule has 0 aliphatic rings. The van der Waals surface area contributed by atoms with Crippen LogP contribution in [-0.2, 0) is 6.54 Å². The van der Waals surface area contributed by atoms with E-state index in [9.17, 15) is 9.90 Å². The lowest BCUT2D eigenvalue weighted by molar-refractivity contribution is 0.458. The summed E-state index contributed by atoms with van der Waals surface area (Å²) in [6.07, 6.45) is 3.79. The van der Waals surface area contributed by atoms with Crippen LogP contribution in [0.3, 0.4) is 0 Å². The molecule has 5 nitrogen and oxygen atoms in total. The van der Waals surface area contributed by atoms with Crippen LogP contribution in [-0.4, -0.2) is 19.6 Å². The predicted molar refractivity (Wildman–Crippen MR) is 116 cm³/mol. The van der Waals surface area contributed by atoms with Crippen molar-refractivity contribution in [3.8, 4) is 27.7 Å². The number of imidazole rings is 1. The van der Waals surface area contributed by atoms with Crippen LogP contribution >= 0.6 is 11.3 Å². The summed E-state index contributed by atoms with van der Waals surface area (Å²) in [7, 11) is 0. The van der Waals surface area contributed by atoms with Crippen LogP contribution in [0, 0.1) is 0 Å². The van der Waals surface area contributed by atoms with Gasteiger partial charge in [0.2, 0.25) is 5.88 Å². The Morgan fingerprint density at radius 2 is 1.72 bits per heavy atom. The first-order valence-corrected chi connectivity index (χ1v) is 10.0. The molecular weight excluding hydrogens is 382 g/mol. The molecule has 0 fully saturated rings. The second-order valence-electron chi connectivity index (χ2n) is 6.83. The van der Waals surface area contributed by atoms with Crippen molar-refractivity contribution in [2.75, 3.05) is 0 Å². The summed E-state index contributed by atoms with van der Waals surface area (Å²) in [4.78, 5) is 18.7. The van der Waals surface area contributed by atoms with Crippen molar-refractivity contribution in [3.05, 3.63) is 94.4 Å². The summed E-state index contributed by atoms with van der Waals surface area (Å²) in [5.74, 6) is 0.835. The van der Waals surface area contributed by atoms with Crippen molar-refractivity contribution < 1.29 is 5.11 Å².